The molecular formula is C29H39ClN2O6. The van der Waals surface area contributed by atoms with E-state index in [1.165, 1.54) is 11.1 Å². The number of allylic oxidation sites excluding steroid dienone is 1. The molecule has 1 unspecified atom stereocenters. The second kappa shape index (κ2) is 9.77. The van der Waals surface area contributed by atoms with Crippen LogP contribution in [0.15, 0.2) is 11.8 Å². The lowest BCUT2D eigenvalue weighted by Crippen LogP contribution is -2.61. The number of nitrogens with zero attached hydrogens (tertiary/aromatic N) is 2. The Bertz CT molecular complexity index is 1180. The second-order valence-corrected chi connectivity index (χ2v) is 12.6. The van der Waals surface area contributed by atoms with Gasteiger partial charge in [-0.3, -0.25) is 19.1 Å². The second-order valence-electron chi connectivity index (χ2n) is 12.0. The van der Waals surface area contributed by atoms with Crippen molar-refractivity contribution in [3.63, 3.8) is 0 Å². The van der Waals surface area contributed by atoms with Gasteiger partial charge in [-0.2, -0.15) is 5.10 Å². The van der Waals surface area contributed by atoms with Crippen LogP contribution in [0.2, 0.25) is 0 Å². The lowest BCUT2D eigenvalue weighted by Gasteiger charge is -2.58. The molecule has 38 heavy (non-hydrogen) atoms. The SMILES string of the molecule is CCC(=O)OCC(=O)[C@@]1(OC(=O)CC)C2C[C@H](O)[C@H]3[C@@H]([C@H](Cl)CC4=Cc5c(cnn5C)C[C@@]43C)[C@@H]2C[C@H]1C. The normalized spacial score (nSPS) is 39.2. The topological polar surface area (TPSA) is 108 Å². The quantitative estimate of drug-likeness (QED) is 0.426. The number of carbonyl (C=O) groups excluding carboxylic acids is 3. The van der Waals surface area contributed by atoms with Crippen molar-refractivity contribution in [2.75, 3.05) is 6.61 Å². The standard InChI is InChI=1S/C29H39ClN2O6/c1-6-24(35)37-14-23(34)29(38-25(36)7-2)15(3)8-18-19(29)11-22(33)27-26(18)20(30)9-17-10-21-16(12-28(17,27)4)13-31-32(21)5/h10,13,15,18-20,22,26-27,33H,6-9,11-12,14H2,1-5H3/t15-,18-,19?,20-,22+,26-,27+,28+,29+/m1/s1. The highest BCUT2D eigenvalue weighted by atomic mass is 35.5. The maximum absolute atomic E-state index is 13.8. The molecule has 0 radical (unpaired) electrons. The van der Waals surface area contributed by atoms with Crippen LogP contribution in [-0.4, -0.2) is 56.3 Å². The van der Waals surface area contributed by atoms with Crippen LogP contribution in [0, 0.1) is 35.0 Å². The van der Waals surface area contributed by atoms with Gasteiger partial charge >= 0.3 is 11.9 Å². The predicted molar refractivity (Wildman–Crippen MR) is 141 cm³/mol. The summed E-state index contributed by atoms with van der Waals surface area (Å²) in [6, 6.07) is 0. The number of esters is 2. The van der Waals surface area contributed by atoms with Crippen molar-refractivity contribution in [2.45, 2.75) is 83.3 Å². The summed E-state index contributed by atoms with van der Waals surface area (Å²) in [7, 11) is 1.94. The fourth-order valence-corrected chi connectivity index (χ4v) is 8.95. The molecular weight excluding hydrogens is 508 g/mol. The number of halogens is 1. The number of aromatic nitrogens is 2. The highest BCUT2D eigenvalue weighted by Gasteiger charge is 2.68. The van der Waals surface area contributed by atoms with E-state index in [0.29, 0.717) is 19.3 Å². The third kappa shape index (κ3) is 3.96. The van der Waals surface area contributed by atoms with Gasteiger partial charge in [-0.25, -0.2) is 0 Å². The highest BCUT2D eigenvalue weighted by Crippen LogP contribution is 2.65. The summed E-state index contributed by atoms with van der Waals surface area (Å²) < 4.78 is 13.2. The first-order valence-corrected chi connectivity index (χ1v) is 14.4. The van der Waals surface area contributed by atoms with E-state index >= 15 is 0 Å². The van der Waals surface area contributed by atoms with Crippen LogP contribution in [-0.2, 0) is 37.3 Å². The molecule has 8 nitrogen and oxygen atoms in total. The lowest BCUT2D eigenvalue weighted by molar-refractivity contribution is -0.188. The van der Waals surface area contributed by atoms with E-state index in [2.05, 4.69) is 18.1 Å². The summed E-state index contributed by atoms with van der Waals surface area (Å²) in [5.41, 5.74) is 1.76. The first-order chi connectivity index (χ1) is 18.0. The molecule has 3 fully saturated rings. The molecule has 4 aliphatic carbocycles. The number of alkyl halides is 1. The van der Waals surface area contributed by atoms with Gasteiger partial charge in [-0.15, -0.1) is 11.6 Å². The van der Waals surface area contributed by atoms with Gasteiger partial charge < -0.3 is 14.6 Å². The molecule has 0 spiro atoms. The summed E-state index contributed by atoms with van der Waals surface area (Å²) in [4.78, 5) is 38.4. The summed E-state index contributed by atoms with van der Waals surface area (Å²) in [5.74, 6) is -2.21. The van der Waals surface area contributed by atoms with E-state index in [-0.39, 0.29) is 47.3 Å². The molecule has 3 saturated carbocycles. The Morgan fingerprint density at radius 1 is 1.21 bits per heavy atom. The molecule has 1 aromatic rings. The molecule has 1 aromatic heterocycles. The van der Waals surface area contributed by atoms with E-state index in [9.17, 15) is 19.5 Å². The molecule has 1 N–H and O–H groups in total. The summed E-state index contributed by atoms with van der Waals surface area (Å²) >= 11 is 7.18. The molecule has 208 valence electrons. The van der Waals surface area contributed by atoms with Gasteiger partial charge in [0, 0.05) is 37.1 Å². The van der Waals surface area contributed by atoms with Crippen molar-refractivity contribution in [3.8, 4) is 0 Å². The van der Waals surface area contributed by atoms with Crippen molar-refractivity contribution in [2.24, 2.45) is 42.1 Å². The number of aliphatic hydroxyl groups is 1. The minimum Gasteiger partial charge on any atom is -0.457 e. The van der Waals surface area contributed by atoms with E-state index in [1.54, 1.807) is 13.8 Å². The molecule has 9 heteroatoms. The minimum absolute atomic E-state index is 0.00921. The van der Waals surface area contributed by atoms with Gasteiger partial charge in [-0.05, 0) is 60.5 Å². The summed E-state index contributed by atoms with van der Waals surface area (Å²) in [5, 5.41) is 16.1. The number of aryl methyl sites for hydroxylation is 1. The third-order valence-electron chi connectivity index (χ3n) is 10.1. The Kier molecular flexibility index (Phi) is 7.04. The van der Waals surface area contributed by atoms with Gasteiger partial charge in [0.1, 0.15) is 0 Å². The number of ether oxygens (including phenoxy) is 2. The van der Waals surface area contributed by atoms with Crippen molar-refractivity contribution >= 4 is 35.4 Å². The number of ketones is 1. The van der Waals surface area contributed by atoms with Gasteiger partial charge in [0.05, 0.1) is 18.0 Å². The van der Waals surface area contributed by atoms with Gasteiger partial charge in [0.25, 0.3) is 0 Å². The smallest absolute Gasteiger partial charge is 0.306 e. The fraction of sp³-hybridized carbons (Fsp3) is 0.724. The molecule has 0 aliphatic heterocycles. The van der Waals surface area contributed by atoms with Crippen LogP contribution in [0.3, 0.4) is 0 Å². The maximum atomic E-state index is 13.8. The average Bonchev–Trinajstić information content (AvgIpc) is 3.37. The van der Waals surface area contributed by atoms with E-state index in [1.807, 2.05) is 24.9 Å². The summed E-state index contributed by atoms with van der Waals surface area (Å²) in [6.07, 6.45) is 6.11. The van der Waals surface area contributed by atoms with E-state index < -0.39 is 42.0 Å². The molecule has 0 aromatic carbocycles. The fourth-order valence-electron chi connectivity index (χ4n) is 8.44. The molecule has 9 atom stereocenters. The predicted octanol–water partition coefficient (Wildman–Crippen LogP) is 3.86. The third-order valence-corrected chi connectivity index (χ3v) is 10.6. The maximum Gasteiger partial charge on any atom is 0.306 e. The zero-order valence-corrected chi connectivity index (χ0v) is 23.7. The molecule has 0 amide bonds. The Labute approximate surface area is 229 Å². The lowest BCUT2D eigenvalue weighted by atomic mass is 9.48. The zero-order valence-electron chi connectivity index (χ0n) is 22.9. The van der Waals surface area contributed by atoms with Crippen LogP contribution < -0.4 is 0 Å². The Morgan fingerprint density at radius 2 is 1.92 bits per heavy atom. The highest BCUT2D eigenvalue weighted by molar-refractivity contribution is 6.21. The van der Waals surface area contributed by atoms with Crippen molar-refractivity contribution in [1.82, 2.24) is 9.78 Å². The van der Waals surface area contributed by atoms with Crippen LogP contribution in [0.5, 0.6) is 0 Å². The number of hydrogen-bond donors (Lipinski definition) is 1. The van der Waals surface area contributed by atoms with Crippen molar-refractivity contribution in [1.29, 1.82) is 0 Å². The summed E-state index contributed by atoms with van der Waals surface area (Å²) in [6.45, 7) is 7.08. The Hall–Kier alpha value is -2.19. The van der Waals surface area contributed by atoms with E-state index in [4.69, 9.17) is 21.1 Å². The average molecular weight is 547 g/mol. The van der Waals surface area contributed by atoms with Gasteiger partial charge in [-0.1, -0.05) is 33.3 Å². The number of fused-ring (bicyclic) bond motifs is 6. The number of hydrogen-bond acceptors (Lipinski definition) is 7. The van der Waals surface area contributed by atoms with Crippen LogP contribution in [0.4, 0.5) is 0 Å². The van der Waals surface area contributed by atoms with E-state index in [0.717, 1.165) is 12.1 Å². The number of aliphatic hydroxyl groups excluding tert-OH is 1. The van der Waals surface area contributed by atoms with Crippen molar-refractivity contribution in [3.05, 3.63) is 23.0 Å². The van der Waals surface area contributed by atoms with Crippen LogP contribution in [0.25, 0.3) is 6.08 Å². The first-order valence-electron chi connectivity index (χ1n) is 13.9. The molecule has 0 saturated heterocycles. The molecule has 5 rings (SSSR count). The number of rotatable bonds is 6. The van der Waals surface area contributed by atoms with Gasteiger partial charge in [0.2, 0.25) is 5.78 Å². The Morgan fingerprint density at radius 3 is 2.61 bits per heavy atom. The van der Waals surface area contributed by atoms with Crippen molar-refractivity contribution < 1.29 is 29.0 Å². The molecule has 1 heterocycles. The molecule has 0 bridgehead atoms. The largest absolute Gasteiger partial charge is 0.457 e. The van der Waals surface area contributed by atoms with Gasteiger partial charge in [0.15, 0.2) is 12.2 Å². The Balaban J connectivity index is 1.53. The van der Waals surface area contributed by atoms with Crippen LogP contribution >= 0.6 is 11.6 Å². The molecule has 4 aliphatic rings. The monoisotopic (exact) mass is 546 g/mol. The number of carbonyl (C=O) groups is 3. The minimum atomic E-state index is -1.45. The van der Waals surface area contributed by atoms with Crippen LogP contribution in [0.1, 0.15) is 71.1 Å². The zero-order chi connectivity index (χ0) is 27.6. The number of Topliss-reactive ketones (excluding diaryl/α,β-unsaturated/α-hetero) is 1. The first kappa shape index (κ1) is 27.4.